The number of hydrogen-bond acceptors (Lipinski definition) is 5. The Kier molecular flexibility index (Phi) is 4.44. The molecule has 2 aromatic heterocycles. The van der Waals surface area contributed by atoms with Gasteiger partial charge < -0.3 is 10.1 Å². The molecule has 0 saturated heterocycles. The van der Waals surface area contributed by atoms with E-state index in [1.807, 2.05) is 30.3 Å². The number of rotatable bonds is 5. The van der Waals surface area contributed by atoms with E-state index in [0.717, 1.165) is 5.56 Å². The Morgan fingerprint density at radius 3 is 2.67 bits per heavy atom. The zero-order valence-electron chi connectivity index (χ0n) is 13.8. The van der Waals surface area contributed by atoms with E-state index < -0.39 is 6.36 Å². The minimum atomic E-state index is -4.74. The Morgan fingerprint density at radius 1 is 1.07 bits per heavy atom. The fourth-order valence-electron chi connectivity index (χ4n) is 2.59. The van der Waals surface area contributed by atoms with E-state index in [1.165, 1.54) is 29.5 Å². The number of imidazole rings is 1. The molecule has 0 aliphatic heterocycles. The number of hydrogen-bond donors (Lipinski definition) is 1. The summed E-state index contributed by atoms with van der Waals surface area (Å²) in [4.78, 5) is 4.93. The van der Waals surface area contributed by atoms with Crippen molar-refractivity contribution in [1.82, 2.24) is 14.6 Å². The van der Waals surface area contributed by atoms with Crippen LogP contribution < -0.4 is 10.1 Å². The fraction of sp³-hybridized carbons (Fsp3) is 0.111. The highest BCUT2D eigenvalue weighted by Crippen LogP contribution is 2.30. The minimum Gasteiger partial charge on any atom is -0.406 e. The number of nitrogens with one attached hydrogen (secondary N) is 1. The molecule has 0 aliphatic rings. The smallest absolute Gasteiger partial charge is 0.406 e. The largest absolute Gasteiger partial charge is 0.573 e. The van der Waals surface area contributed by atoms with Crippen LogP contribution in [-0.4, -0.2) is 21.0 Å². The van der Waals surface area contributed by atoms with Crippen LogP contribution in [0.25, 0.3) is 16.2 Å². The quantitative estimate of drug-likeness (QED) is 0.523. The summed E-state index contributed by atoms with van der Waals surface area (Å²) < 4.78 is 42.9. The average Bonchev–Trinajstić information content (AvgIpc) is 3.20. The topological polar surface area (TPSA) is 51.5 Å². The van der Waals surface area contributed by atoms with Gasteiger partial charge in [-0.3, -0.25) is 0 Å². The summed E-state index contributed by atoms with van der Waals surface area (Å²) in [5.74, 6) is -0.285. The van der Waals surface area contributed by atoms with Crippen LogP contribution in [0.1, 0.15) is 5.56 Å². The van der Waals surface area contributed by atoms with Crippen LogP contribution in [-0.2, 0) is 6.54 Å². The van der Waals surface area contributed by atoms with Gasteiger partial charge in [0.15, 0.2) is 0 Å². The van der Waals surface area contributed by atoms with Crippen LogP contribution in [0.2, 0.25) is 0 Å². The van der Waals surface area contributed by atoms with Crippen molar-refractivity contribution in [3.8, 4) is 17.0 Å². The van der Waals surface area contributed by atoms with E-state index >= 15 is 0 Å². The van der Waals surface area contributed by atoms with Gasteiger partial charge in [-0.2, -0.15) is 0 Å². The van der Waals surface area contributed by atoms with Gasteiger partial charge in [0.1, 0.15) is 5.75 Å². The summed E-state index contributed by atoms with van der Waals surface area (Å²) >= 11 is 1.36. The average molecular weight is 390 g/mol. The number of nitrogens with zero attached hydrogens (tertiary/aromatic N) is 3. The minimum absolute atomic E-state index is 0.285. The highest BCUT2D eigenvalue weighted by Gasteiger charge is 2.31. The highest BCUT2D eigenvalue weighted by atomic mass is 32.1. The zero-order valence-corrected chi connectivity index (χ0v) is 14.6. The normalized spacial score (nSPS) is 11.7. The Balaban J connectivity index is 1.58. The first-order valence-corrected chi connectivity index (χ1v) is 8.78. The molecule has 0 radical (unpaired) electrons. The molecule has 0 spiro atoms. The van der Waals surface area contributed by atoms with Crippen molar-refractivity contribution >= 4 is 21.4 Å². The van der Waals surface area contributed by atoms with E-state index in [0.29, 0.717) is 27.9 Å². The lowest BCUT2D eigenvalue weighted by atomic mass is 10.1. The molecule has 0 saturated carbocycles. The molecular weight excluding hydrogens is 377 g/mol. The predicted octanol–water partition coefficient (Wildman–Crippen LogP) is 4.97. The van der Waals surface area contributed by atoms with E-state index in [4.69, 9.17) is 0 Å². The van der Waals surface area contributed by atoms with Gasteiger partial charge in [-0.25, -0.2) is 9.50 Å². The molecule has 2 heterocycles. The fourth-order valence-corrected chi connectivity index (χ4v) is 3.36. The molecule has 0 fully saturated rings. The first-order valence-electron chi connectivity index (χ1n) is 7.96. The van der Waals surface area contributed by atoms with Crippen molar-refractivity contribution in [3.05, 3.63) is 66.4 Å². The third-order valence-corrected chi connectivity index (χ3v) is 4.62. The Bertz CT molecular complexity index is 1060. The first kappa shape index (κ1) is 17.3. The monoisotopic (exact) mass is 390 g/mol. The van der Waals surface area contributed by atoms with Crippen molar-refractivity contribution in [2.24, 2.45) is 0 Å². The standard InChI is InChI=1S/C18H13F3N4OS/c19-18(20,21)26-14-8-4-7-13(9-14)15-11-23-17-25(15)24-16(27-17)22-10-12-5-2-1-3-6-12/h1-9,11H,10H2,(H,22,24). The molecule has 0 bridgehead atoms. The second-order valence-corrected chi connectivity index (χ2v) is 6.62. The SMILES string of the molecule is FC(F)(F)Oc1cccc(-c2cnc3sc(NCc4ccccc4)nn23)c1. The van der Waals surface area contributed by atoms with Crippen LogP contribution in [0.4, 0.5) is 18.3 Å². The van der Waals surface area contributed by atoms with E-state index in [2.05, 4.69) is 20.1 Å². The van der Waals surface area contributed by atoms with Gasteiger partial charge in [-0.1, -0.05) is 53.8 Å². The Hall–Kier alpha value is -3.07. The van der Waals surface area contributed by atoms with Crippen molar-refractivity contribution in [2.75, 3.05) is 5.32 Å². The van der Waals surface area contributed by atoms with Crippen LogP contribution in [0, 0.1) is 0 Å². The number of halogens is 3. The van der Waals surface area contributed by atoms with Crippen molar-refractivity contribution in [3.63, 3.8) is 0 Å². The second kappa shape index (κ2) is 6.92. The van der Waals surface area contributed by atoms with E-state index in [9.17, 15) is 13.2 Å². The first-order chi connectivity index (χ1) is 13.0. The summed E-state index contributed by atoms with van der Waals surface area (Å²) in [7, 11) is 0. The van der Waals surface area contributed by atoms with Gasteiger partial charge in [0, 0.05) is 12.1 Å². The van der Waals surface area contributed by atoms with Gasteiger partial charge in [0.2, 0.25) is 10.1 Å². The van der Waals surface area contributed by atoms with Crippen LogP contribution in [0.3, 0.4) is 0 Å². The summed E-state index contributed by atoms with van der Waals surface area (Å²) in [6.07, 6.45) is -3.16. The van der Waals surface area contributed by atoms with Crippen molar-refractivity contribution in [2.45, 2.75) is 12.9 Å². The third kappa shape index (κ3) is 4.03. The number of alkyl halides is 3. The van der Waals surface area contributed by atoms with Gasteiger partial charge in [0.05, 0.1) is 11.9 Å². The maximum Gasteiger partial charge on any atom is 0.573 e. The zero-order chi connectivity index (χ0) is 18.9. The molecule has 0 amide bonds. The van der Waals surface area contributed by atoms with Crippen molar-refractivity contribution in [1.29, 1.82) is 0 Å². The molecule has 0 aliphatic carbocycles. The molecule has 2 aromatic carbocycles. The van der Waals surface area contributed by atoms with Gasteiger partial charge in [-0.15, -0.1) is 18.3 Å². The van der Waals surface area contributed by atoms with Crippen LogP contribution in [0.15, 0.2) is 60.8 Å². The molecule has 5 nitrogen and oxygen atoms in total. The number of anilines is 1. The number of fused-ring (bicyclic) bond motifs is 1. The van der Waals surface area contributed by atoms with Crippen LogP contribution >= 0.6 is 11.3 Å². The Morgan fingerprint density at radius 2 is 1.89 bits per heavy atom. The molecule has 27 heavy (non-hydrogen) atoms. The highest BCUT2D eigenvalue weighted by molar-refractivity contribution is 7.20. The molecule has 0 unspecified atom stereocenters. The van der Waals surface area contributed by atoms with Crippen molar-refractivity contribution < 1.29 is 17.9 Å². The maximum absolute atomic E-state index is 12.4. The lowest BCUT2D eigenvalue weighted by Crippen LogP contribution is -2.17. The third-order valence-electron chi connectivity index (χ3n) is 3.74. The molecule has 1 N–H and O–H groups in total. The summed E-state index contributed by atoms with van der Waals surface area (Å²) in [5.41, 5.74) is 2.23. The number of ether oxygens (including phenoxy) is 1. The molecule has 4 rings (SSSR count). The molecule has 9 heteroatoms. The second-order valence-electron chi connectivity index (χ2n) is 5.66. The maximum atomic E-state index is 12.4. The number of aromatic nitrogens is 3. The van der Waals surface area contributed by atoms with E-state index in [-0.39, 0.29) is 5.75 Å². The molecule has 138 valence electrons. The lowest BCUT2D eigenvalue weighted by Gasteiger charge is -2.09. The number of benzene rings is 2. The van der Waals surface area contributed by atoms with Gasteiger partial charge >= 0.3 is 6.36 Å². The van der Waals surface area contributed by atoms with E-state index in [1.54, 1.807) is 16.8 Å². The molecular formula is C18H13F3N4OS. The predicted molar refractivity (Wildman–Crippen MR) is 96.8 cm³/mol. The lowest BCUT2D eigenvalue weighted by molar-refractivity contribution is -0.274. The summed E-state index contributed by atoms with van der Waals surface area (Å²) in [5, 5.41) is 8.37. The van der Waals surface area contributed by atoms with Gasteiger partial charge in [-0.05, 0) is 17.7 Å². The Labute approximate surface area is 156 Å². The summed E-state index contributed by atoms with van der Waals surface area (Å²) in [6.45, 7) is 0.613. The molecule has 0 atom stereocenters. The summed E-state index contributed by atoms with van der Waals surface area (Å²) in [6, 6.07) is 15.6. The van der Waals surface area contributed by atoms with Gasteiger partial charge in [0.25, 0.3) is 0 Å². The molecule has 4 aromatic rings. The van der Waals surface area contributed by atoms with Crippen LogP contribution in [0.5, 0.6) is 5.75 Å².